The van der Waals surface area contributed by atoms with Crippen molar-refractivity contribution in [3.8, 4) is 5.75 Å². The average molecular weight is 461 g/mol. The Morgan fingerprint density at radius 3 is 1.82 bits per heavy atom. The van der Waals surface area contributed by atoms with Crippen molar-refractivity contribution >= 4 is 17.7 Å². The first kappa shape index (κ1) is 24.8. The van der Waals surface area contributed by atoms with Crippen molar-refractivity contribution in [1.82, 2.24) is 5.32 Å². The predicted octanol–water partition coefficient (Wildman–Crippen LogP) is 5.38. The Kier molecular flexibility index (Phi) is 7.95. The SMILES string of the molecule is COc1ccccc1N(C)C(=O)C(NC(=O)OC(C)(C)C)C(c1ccccc1)c1ccccc1. The topological polar surface area (TPSA) is 67.9 Å². The molecule has 1 atom stereocenters. The van der Waals surface area contributed by atoms with Crippen molar-refractivity contribution in [2.75, 3.05) is 19.1 Å². The van der Waals surface area contributed by atoms with Crippen LogP contribution in [-0.2, 0) is 9.53 Å². The monoisotopic (exact) mass is 460 g/mol. The van der Waals surface area contributed by atoms with Crippen molar-refractivity contribution < 1.29 is 19.1 Å². The molecule has 1 N–H and O–H groups in total. The zero-order valence-corrected chi connectivity index (χ0v) is 20.3. The summed E-state index contributed by atoms with van der Waals surface area (Å²) < 4.78 is 11.0. The number of hydrogen-bond acceptors (Lipinski definition) is 4. The molecule has 34 heavy (non-hydrogen) atoms. The number of amides is 2. The largest absolute Gasteiger partial charge is 0.495 e. The molecule has 3 aromatic rings. The summed E-state index contributed by atoms with van der Waals surface area (Å²) in [6.45, 7) is 5.36. The van der Waals surface area contributed by atoms with Crippen molar-refractivity contribution in [2.45, 2.75) is 38.3 Å². The van der Waals surface area contributed by atoms with Crippen LogP contribution in [0.2, 0.25) is 0 Å². The highest BCUT2D eigenvalue weighted by atomic mass is 16.6. The Labute approximate surface area is 201 Å². The number of carbonyl (C=O) groups excluding carboxylic acids is 2. The molecule has 178 valence electrons. The van der Waals surface area contributed by atoms with Crippen molar-refractivity contribution in [1.29, 1.82) is 0 Å². The quantitative estimate of drug-likeness (QED) is 0.514. The summed E-state index contributed by atoms with van der Waals surface area (Å²) in [4.78, 5) is 28.4. The third-order valence-corrected chi connectivity index (χ3v) is 5.37. The zero-order valence-electron chi connectivity index (χ0n) is 20.3. The molecule has 6 heteroatoms. The highest BCUT2D eigenvalue weighted by Crippen LogP contribution is 2.32. The van der Waals surface area contributed by atoms with Gasteiger partial charge in [-0.05, 0) is 44.0 Å². The lowest BCUT2D eigenvalue weighted by Gasteiger charge is -2.32. The van der Waals surface area contributed by atoms with E-state index >= 15 is 0 Å². The maximum absolute atomic E-state index is 14.0. The predicted molar refractivity (Wildman–Crippen MR) is 134 cm³/mol. The number of nitrogens with zero attached hydrogens (tertiary/aromatic N) is 1. The number of likely N-dealkylation sites (N-methyl/N-ethyl adjacent to an activating group) is 1. The number of carbonyl (C=O) groups is 2. The molecular formula is C28H32N2O4. The van der Waals surface area contributed by atoms with Gasteiger partial charge in [0.1, 0.15) is 17.4 Å². The highest BCUT2D eigenvalue weighted by Gasteiger charge is 2.36. The van der Waals surface area contributed by atoms with E-state index in [9.17, 15) is 9.59 Å². The molecule has 0 aromatic heterocycles. The summed E-state index contributed by atoms with van der Waals surface area (Å²) in [6, 6.07) is 25.7. The Bertz CT molecular complexity index is 1050. The van der Waals surface area contributed by atoms with Gasteiger partial charge in [-0.1, -0.05) is 72.8 Å². The van der Waals surface area contributed by atoms with Crippen LogP contribution in [0.15, 0.2) is 84.9 Å². The van der Waals surface area contributed by atoms with Crippen LogP contribution in [0, 0.1) is 0 Å². The molecule has 0 heterocycles. The molecular weight excluding hydrogens is 428 g/mol. The first-order valence-electron chi connectivity index (χ1n) is 11.2. The van der Waals surface area contributed by atoms with Gasteiger partial charge in [0.05, 0.1) is 12.8 Å². The molecule has 3 aromatic carbocycles. The normalized spacial score (nSPS) is 12.1. The van der Waals surface area contributed by atoms with Crippen LogP contribution in [0.4, 0.5) is 10.5 Å². The van der Waals surface area contributed by atoms with Crippen LogP contribution in [0.5, 0.6) is 5.75 Å². The molecule has 0 bridgehead atoms. The lowest BCUT2D eigenvalue weighted by Crippen LogP contribution is -2.52. The van der Waals surface area contributed by atoms with Crippen LogP contribution >= 0.6 is 0 Å². The molecule has 0 radical (unpaired) electrons. The van der Waals surface area contributed by atoms with E-state index < -0.39 is 23.7 Å². The van der Waals surface area contributed by atoms with Crippen LogP contribution in [0.3, 0.4) is 0 Å². The summed E-state index contributed by atoms with van der Waals surface area (Å²) in [5, 5.41) is 2.87. The number of rotatable bonds is 7. The Hall–Kier alpha value is -3.80. The molecule has 0 aliphatic carbocycles. The third kappa shape index (κ3) is 6.16. The van der Waals surface area contributed by atoms with E-state index in [2.05, 4.69) is 5.32 Å². The van der Waals surface area contributed by atoms with Gasteiger partial charge in [0.2, 0.25) is 0 Å². The van der Waals surface area contributed by atoms with Gasteiger partial charge >= 0.3 is 6.09 Å². The summed E-state index contributed by atoms with van der Waals surface area (Å²) in [6.07, 6.45) is -0.656. The number of methoxy groups -OCH3 is 1. The van der Waals surface area contributed by atoms with Gasteiger partial charge in [-0.25, -0.2) is 4.79 Å². The fourth-order valence-electron chi connectivity index (χ4n) is 3.85. The highest BCUT2D eigenvalue weighted by molar-refractivity contribution is 6.00. The van der Waals surface area contributed by atoms with Gasteiger partial charge < -0.3 is 19.7 Å². The minimum atomic E-state index is -0.936. The van der Waals surface area contributed by atoms with E-state index in [1.165, 1.54) is 4.90 Å². The van der Waals surface area contributed by atoms with Crippen LogP contribution in [-0.4, -0.2) is 37.8 Å². The van der Waals surface area contributed by atoms with Gasteiger partial charge in [-0.3, -0.25) is 4.79 Å². The number of alkyl carbamates (subject to hydrolysis) is 1. The third-order valence-electron chi connectivity index (χ3n) is 5.37. The van der Waals surface area contributed by atoms with Crippen molar-refractivity contribution in [2.24, 2.45) is 0 Å². The number of anilines is 1. The standard InChI is InChI=1S/C28H32N2O4/c1-28(2,3)34-27(32)29-25(26(31)30(4)22-18-12-13-19-23(22)33-5)24(20-14-8-6-9-15-20)21-16-10-7-11-17-21/h6-19,24-25H,1-5H3,(H,29,32). The maximum Gasteiger partial charge on any atom is 0.408 e. The summed E-state index contributed by atoms with van der Waals surface area (Å²) in [5.74, 6) is -0.182. The first-order chi connectivity index (χ1) is 16.2. The number of para-hydroxylation sites is 2. The van der Waals surface area contributed by atoms with Gasteiger partial charge in [-0.15, -0.1) is 0 Å². The molecule has 0 saturated carbocycles. The summed E-state index contributed by atoms with van der Waals surface area (Å²) in [5.41, 5.74) is 1.69. The molecule has 6 nitrogen and oxygen atoms in total. The molecule has 0 aliphatic heterocycles. The second kappa shape index (κ2) is 10.9. The van der Waals surface area contributed by atoms with Gasteiger partial charge in [0, 0.05) is 13.0 Å². The van der Waals surface area contributed by atoms with Gasteiger partial charge in [0.25, 0.3) is 5.91 Å². The summed E-state index contributed by atoms with van der Waals surface area (Å²) in [7, 11) is 3.24. The van der Waals surface area contributed by atoms with E-state index in [1.54, 1.807) is 47.1 Å². The second-order valence-corrected chi connectivity index (χ2v) is 8.99. The maximum atomic E-state index is 14.0. The fourth-order valence-corrected chi connectivity index (χ4v) is 3.85. The van der Waals surface area contributed by atoms with Crippen LogP contribution in [0.25, 0.3) is 0 Å². The number of hydrogen-bond donors (Lipinski definition) is 1. The number of benzene rings is 3. The smallest absolute Gasteiger partial charge is 0.408 e. The molecule has 0 spiro atoms. The van der Waals surface area contributed by atoms with Crippen molar-refractivity contribution in [3.05, 3.63) is 96.1 Å². The van der Waals surface area contributed by atoms with E-state index in [-0.39, 0.29) is 5.91 Å². The fraction of sp³-hybridized carbons (Fsp3) is 0.286. The lowest BCUT2D eigenvalue weighted by atomic mass is 9.84. The van der Waals surface area contributed by atoms with Gasteiger partial charge in [0.15, 0.2) is 0 Å². The molecule has 3 rings (SSSR count). The van der Waals surface area contributed by atoms with Crippen LogP contribution < -0.4 is 15.0 Å². The first-order valence-corrected chi connectivity index (χ1v) is 11.2. The Morgan fingerprint density at radius 1 is 0.824 bits per heavy atom. The van der Waals surface area contributed by atoms with E-state index in [0.29, 0.717) is 11.4 Å². The molecule has 1 unspecified atom stereocenters. The molecule has 0 saturated heterocycles. The van der Waals surface area contributed by atoms with Gasteiger partial charge in [-0.2, -0.15) is 0 Å². The minimum Gasteiger partial charge on any atom is -0.495 e. The van der Waals surface area contributed by atoms with Crippen LogP contribution in [0.1, 0.15) is 37.8 Å². The molecule has 0 fully saturated rings. The average Bonchev–Trinajstić information content (AvgIpc) is 2.83. The van der Waals surface area contributed by atoms with Crippen molar-refractivity contribution in [3.63, 3.8) is 0 Å². The lowest BCUT2D eigenvalue weighted by molar-refractivity contribution is -0.120. The van der Waals surface area contributed by atoms with E-state index in [1.807, 2.05) is 72.8 Å². The second-order valence-electron chi connectivity index (χ2n) is 8.99. The minimum absolute atomic E-state index is 0.298. The molecule has 0 aliphatic rings. The summed E-state index contributed by atoms with van der Waals surface area (Å²) >= 11 is 0. The van der Waals surface area contributed by atoms with E-state index in [4.69, 9.17) is 9.47 Å². The molecule has 2 amide bonds. The zero-order chi connectivity index (χ0) is 24.7. The Balaban J connectivity index is 2.09. The number of ether oxygens (including phenoxy) is 2. The number of nitrogens with one attached hydrogen (secondary N) is 1. The Morgan fingerprint density at radius 2 is 1.32 bits per heavy atom. The van der Waals surface area contributed by atoms with E-state index in [0.717, 1.165) is 11.1 Å².